The average Bonchev–Trinajstić information content (AvgIpc) is 3.57. The minimum Gasteiger partial charge on any atom is -0.489 e. The van der Waals surface area contributed by atoms with E-state index in [1.807, 2.05) is 42.5 Å². The van der Waals surface area contributed by atoms with Gasteiger partial charge in [-0.3, -0.25) is 9.67 Å². The van der Waals surface area contributed by atoms with Crippen LogP contribution in [-0.2, 0) is 13.2 Å². The molecular formula is C27H18F2N6O2. The maximum absolute atomic E-state index is 14.2. The fourth-order valence-corrected chi connectivity index (χ4v) is 3.80. The molecule has 182 valence electrons. The summed E-state index contributed by atoms with van der Waals surface area (Å²) in [6, 6.07) is 17.1. The second kappa shape index (κ2) is 9.57. The Morgan fingerprint density at radius 1 is 0.892 bits per heavy atom. The minimum atomic E-state index is -0.985. The lowest BCUT2D eigenvalue weighted by Gasteiger charge is -2.06. The van der Waals surface area contributed by atoms with E-state index in [9.17, 15) is 8.78 Å². The summed E-state index contributed by atoms with van der Waals surface area (Å²) in [5.74, 6) is -0.512. The van der Waals surface area contributed by atoms with Crippen LogP contribution in [0.3, 0.4) is 0 Å². The summed E-state index contributed by atoms with van der Waals surface area (Å²) in [6.45, 7) is 0.754. The molecule has 8 nitrogen and oxygen atoms in total. The fourth-order valence-electron chi connectivity index (χ4n) is 3.80. The normalized spacial score (nSPS) is 11.2. The molecule has 0 aliphatic carbocycles. The number of aromatic nitrogens is 6. The summed E-state index contributed by atoms with van der Waals surface area (Å²) in [4.78, 5) is 12.6. The van der Waals surface area contributed by atoms with Crippen LogP contribution >= 0.6 is 0 Å². The molecule has 0 N–H and O–H groups in total. The molecule has 4 heterocycles. The Hall–Kier alpha value is -4.99. The van der Waals surface area contributed by atoms with E-state index < -0.39 is 11.6 Å². The summed E-state index contributed by atoms with van der Waals surface area (Å²) in [6.07, 6.45) is 6.65. The number of halogens is 2. The summed E-state index contributed by atoms with van der Waals surface area (Å²) in [7, 11) is 0. The van der Waals surface area contributed by atoms with Crippen molar-refractivity contribution in [2.24, 2.45) is 0 Å². The number of imidazole rings is 1. The van der Waals surface area contributed by atoms with E-state index in [-0.39, 0.29) is 11.4 Å². The van der Waals surface area contributed by atoms with Gasteiger partial charge in [0.25, 0.3) is 0 Å². The molecule has 2 aliphatic heterocycles. The van der Waals surface area contributed by atoms with Crippen LogP contribution in [0.15, 0.2) is 90.0 Å². The third kappa shape index (κ3) is 4.76. The van der Waals surface area contributed by atoms with Crippen LogP contribution in [0.5, 0.6) is 5.75 Å². The number of pyridine rings is 1. The van der Waals surface area contributed by atoms with Crippen LogP contribution in [0.1, 0.15) is 11.3 Å². The van der Waals surface area contributed by atoms with Crippen LogP contribution in [0.4, 0.5) is 8.78 Å². The molecule has 0 spiro atoms. The lowest BCUT2D eigenvalue weighted by Crippen LogP contribution is -2.04. The number of nitrogens with zero attached hydrogens (tertiary/aromatic N) is 6. The molecule has 2 aliphatic rings. The quantitative estimate of drug-likeness (QED) is 0.292. The van der Waals surface area contributed by atoms with Crippen molar-refractivity contribution >= 4 is 0 Å². The zero-order chi connectivity index (χ0) is 25.2. The zero-order valence-corrected chi connectivity index (χ0v) is 19.3. The summed E-state index contributed by atoms with van der Waals surface area (Å²) in [5, 5.41) is 8.49. The highest BCUT2D eigenvalue weighted by Crippen LogP contribution is 2.27. The molecule has 10 heteroatoms. The zero-order valence-electron chi connectivity index (χ0n) is 19.3. The molecular weight excluding hydrogens is 478 g/mol. The molecule has 0 saturated heterocycles. The van der Waals surface area contributed by atoms with Crippen molar-refractivity contribution in [3.05, 3.63) is 108 Å². The van der Waals surface area contributed by atoms with Crippen LogP contribution < -0.4 is 4.74 Å². The minimum absolute atomic E-state index is 0.00332. The molecule has 37 heavy (non-hydrogen) atoms. The number of rotatable bonds is 7. The topological polar surface area (TPSA) is 91.8 Å². The molecule has 0 bridgehead atoms. The SMILES string of the molecule is Fc1cccc(-c2nc3cnn(Cc4cc(-c5ccc(OCc6ccncc6)cc5)no4)cc-3n2)c1F. The van der Waals surface area contributed by atoms with Crippen molar-refractivity contribution in [1.82, 2.24) is 29.9 Å². The Morgan fingerprint density at radius 2 is 1.70 bits per heavy atom. The monoisotopic (exact) mass is 496 g/mol. The fraction of sp³-hybridized carbons (Fsp3) is 0.0741. The predicted molar refractivity (Wildman–Crippen MR) is 129 cm³/mol. The average molecular weight is 496 g/mol. The van der Waals surface area contributed by atoms with Crippen LogP contribution in [0.2, 0.25) is 0 Å². The number of hydrogen-bond donors (Lipinski definition) is 0. The Morgan fingerprint density at radius 3 is 2.54 bits per heavy atom. The van der Waals surface area contributed by atoms with E-state index in [1.165, 1.54) is 18.3 Å². The third-order valence-corrected chi connectivity index (χ3v) is 5.69. The molecule has 0 saturated carbocycles. The van der Waals surface area contributed by atoms with Gasteiger partial charge in [0.05, 0.1) is 18.0 Å². The Bertz CT molecular complexity index is 1630. The second-order valence-electron chi connectivity index (χ2n) is 8.24. The van der Waals surface area contributed by atoms with Gasteiger partial charge in [-0.15, -0.1) is 0 Å². The van der Waals surface area contributed by atoms with E-state index in [4.69, 9.17) is 9.26 Å². The van der Waals surface area contributed by atoms with Crippen LogP contribution in [0.25, 0.3) is 34.0 Å². The van der Waals surface area contributed by atoms with Crippen molar-refractivity contribution in [2.75, 3.05) is 0 Å². The summed E-state index contributed by atoms with van der Waals surface area (Å²) in [5.41, 5.74) is 3.55. The maximum atomic E-state index is 14.2. The number of benzene rings is 2. The van der Waals surface area contributed by atoms with E-state index in [1.54, 1.807) is 23.3 Å². The third-order valence-electron chi connectivity index (χ3n) is 5.69. The first-order valence-corrected chi connectivity index (χ1v) is 11.3. The van der Waals surface area contributed by atoms with Gasteiger partial charge in [-0.2, -0.15) is 5.10 Å². The Labute approximate surface area is 209 Å². The van der Waals surface area contributed by atoms with Gasteiger partial charge in [0, 0.05) is 24.0 Å². The van der Waals surface area contributed by atoms with Crippen molar-refractivity contribution in [1.29, 1.82) is 0 Å². The van der Waals surface area contributed by atoms with Gasteiger partial charge in [0.2, 0.25) is 0 Å². The van der Waals surface area contributed by atoms with Crippen molar-refractivity contribution in [3.63, 3.8) is 0 Å². The first-order valence-electron chi connectivity index (χ1n) is 11.3. The van der Waals surface area contributed by atoms with E-state index >= 15 is 0 Å². The van der Waals surface area contributed by atoms with E-state index in [0.29, 0.717) is 36.0 Å². The Balaban J connectivity index is 1.15. The molecule has 0 amide bonds. The smallest absolute Gasteiger partial charge is 0.169 e. The van der Waals surface area contributed by atoms with Crippen molar-refractivity contribution < 1.29 is 18.0 Å². The highest BCUT2D eigenvalue weighted by molar-refractivity contribution is 5.65. The molecule has 2 aromatic heterocycles. The molecule has 4 aromatic rings. The lowest BCUT2D eigenvalue weighted by atomic mass is 10.1. The number of hydrogen-bond acceptors (Lipinski definition) is 7. The maximum Gasteiger partial charge on any atom is 0.169 e. The molecule has 6 rings (SSSR count). The molecule has 0 atom stereocenters. The van der Waals surface area contributed by atoms with Gasteiger partial charge in [0.15, 0.2) is 23.2 Å². The lowest BCUT2D eigenvalue weighted by molar-refractivity contribution is 0.306. The summed E-state index contributed by atoms with van der Waals surface area (Å²) >= 11 is 0. The van der Waals surface area contributed by atoms with Gasteiger partial charge in [-0.25, -0.2) is 18.7 Å². The second-order valence-corrected chi connectivity index (χ2v) is 8.24. The van der Waals surface area contributed by atoms with Gasteiger partial charge in [-0.05, 0) is 54.1 Å². The van der Waals surface area contributed by atoms with E-state index in [2.05, 4.69) is 25.2 Å². The predicted octanol–water partition coefficient (Wildman–Crippen LogP) is 5.40. The molecule has 0 radical (unpaired) electrons. The molecule has 0 unspecified atom stereocenters. The van der Waals surface area contributed by atoms with E-state index in [0.717, 1.165) is 22.9 Å². The molecule has 0 fully saturated rings. The molecule has 2 aromatic carbocycles. The van der Waals surface area contributed by atoms with Gasteiger partial charge >= 0.3 is 0 Å². The highest BCUT2D eigenvalue weighted by Gasteiger charge is 2.18. The van der Waals surface area contributed by atoms with Crippen molar-refractivity contribution in [2.45, 2.75) is 13.2 Å². The largest absolute Gasteiger partial charge is 0.489 e. The number of fused-ring (bicyclic) bond motifs is 1. The number of ether oxygens (including phenoxy) is 1. The van der Waals surface area contributed by atoms with Crippen molar-refractivity contribution in [3.8, 4) is 39.8 Å². The first-order chi connectivity index (χ1) is 18.1. The standard InChI is InChI=1S/C27H18F2N6O2/c28-22-3-1-2-21(26(22)29)27-32-24-13-31-35(15-25(24)33-27)14-20-12-23(34-37-20)18-4-6-19(7-5-18)36-16-17-8-10-30-11-9-17/h1-13,15H,14,16H2. The Kier molecular flexibility index (Phi) is 5.81. The van der Waals surface area contributed by atoms with Crippen LogP contribution in [0, 0.1) is 11.6 Å². The van der Waals surface area contributed by atoms with Gasteiger partial charge in [-0.1, -0.05) is 11.2 Å². The van der Waals surface area contributed by atoms with Gasteiger partial charge < -0.3 is 9.26 Å². The van der Waals surface area contributed by atoms with Crippen LogP contribution in [-0.4, -0.2) is 29.9 Å². The highest BCUT2D eigenvalue weighted by atomic mass is 19.2. The van der Waals surface area contributed by atoms with Gasteiger partial charge in [0.1, 0.15) is 36.0 Å². The summed E-state index contributed by atoms with van der Waals surface area (Å²) < 4.78 is 40.7. The first kappa shape index (κ1) is 22.5.